The van der Waals surface area contributed by atoms with E-state index in [2.05, 4.69) is 13.8 Å². The molecule has 4 N–H and O–H groups in total. The molecule has 1 rings (SSSR count). The first kappa shape index (κ1) is 10.0. The standard InChI is InChI=1S/C10H22N2/c1-3-8-7-9(11)5-6-10(8,12)4-2/h8-9H,3-7,11-12H2,1-2H3. The average Bonchev–Trinajstić information content (AvgIpc) is 2.09. The van der Waals surface area contributed by atoms with Crippen molar-refractivity contribution in [3.8, 4) is 0 Å². The van der Waals surface area contributed by atoms with Gasteiger partial charge in [0.1, 0.15) is 0 Å². The van der Waals surface area contributed by atoms with E-state index >= 15 is 0 Å². The highest BCUT2D eigenvalue weighted by Gasteiger charge is 2.36. The van der Waals surface area contributed by atoms with E-state index in [9.17, 15) is 0 Å². The molecule has 0 aliphatic heterocycles. The van der Waals surface area contributed by atoms with Gasteiger partial charge in [0.2, 0.25) is 0 Å². The Hall–Kier alpha value is -0.0800. The van der Waals surface area contributed by atoms with Gasteiger partial charge in [-0.2, -0.15) is 0 Å². The third-order valence-corrected chi connectivity index (χ3v) is 3.53. The van der Waals surface area contributed by atoms with E-state index in [-0.39, 0.29) is 5.54 Å². The Balaban J connectivity index is 2.62. The number of rotatable bonds is 2. The molecule has 1 fully saturated rings. The molecule has 1 aliphatic carbocycles. The molecule has 2 nitrogen and oxygen atoms in total. The van der Waals surface area contributed by atoms with Crippen molar-refractivity contribution in [1.29, 1.82) is 0 Å². The third kappa shape index (κ3) is 1.80. The lowest BCUT2D eigenvalue weighted by Gasteiger charge is -2.42. The second kappa shape index (κ2) is 3.75. The molecule has 0 aromatic heterocycles. The van der Waals surface area contributed by atoms with Crippen LogP contribution < -0.4 is 11.5 Å². The highest BCUT2D eigenvalue weighted by atomic mass is 14.8. The van der Waals surface area contributed by atoms with Crippen LogP contribution in [0.1, 0.15) is 46.0 Å². The van der Waals surface area contributed by atoms with E-state index < -0.39 is 0 Å². The van der Waals surface area contributed by atoms with E-state index in [0.717, 1.165) is 25.7 Å². The molecule has 3 unspecified atom stereocenters. The Morgan fingerprint density at radius 2 is 2.08 bits per heavy atom. The van der Waals surface area contributed by atoms with Crippen molar-refractivity contribution in [2.45, 2.75) is 57.5 Å². The van der Waals surface area contributed by atoms with E-state index in [1.165, 1.54) is 6.42 Å². The van der Waals surface area contributed by atoms with E-state index in [4.69, 9.17) is 11.5 Å². The van der Waals surface area contributed by atoms with Gasteiger partial charge in [0.25, 0.3) is 0 Å². The maximum atomic E-state index is 6.32. The topological polar surface area (TPSA) is 52.0 Å². The van der Waals surface area contributed by atoms with Crippen LogP contribution in [0.2, 0.25) is 0 Å². The van der Waals surface area contributed by atoms with E-state index in [1.54, 1.807) is 0 Å². The van der Waals surface area contributed by atoms with Crippen LogP contribution in [0.15, 0.2) is 0 Å². The van der Waals surface area contributed by atoms with Crippen LogP contribution in [0.25, 0.3) is 0 Å². The highest BCUT2D eigenvalue weighted by Crippen LogP contribution is 2.35. The molecule has 1 aliphatic rings. The zero-order valence-electron chi connectivity index (χ0n) is 8.34. The molecule has 12 heavy (non-hydrogen) atoms. The lowest BCUT2D eigenvalue weighted by molar-refractivity contribution is 0.162. The van der Waals surface area contributed by atoms with Crippen LogP contribution in [-0.4, -0.2) is 11.6 Å². The summed E-state index contributed by atoms with van der Waals surface area (Å²) in [7, 11) is 0. The van der Waals surface area contributed by atoms with Crippen LogP contribution in [0.3, 0.4) is 0 Å². The summed E-state index contributed by atoms with van der Waals surface area (Å²) in [4.78, 5) is 0. The maximum Gasteiger partial charge on any atom is 0.0181 e. The minimum absolute atomic E-state index is 0.0879. The number of hydrogen-bond donors (Lipinski definition) is 2. The molecule has 0 spiro atoms. The fourth-order valence-electron chi connectivity index (χ4n) is 2.41. The fourth-order valence-corrected chi connectivity index (χ4v) is 2.41. The van der Waals surface area contributed by atoms with Gasteiger partial charge in [0, 0.05) is 11.6 Å². The predicted molar refractivity (Wildman–Crippen MR) is 52.8 cm³/mol. The Morgan fingerprint density at radius 3 is 2.58 bits per heavy atom. The maximum absolute atomic E-state index is 6.32. The molecule has 0 heterocycles. The van der Waals surface area contributed by atoms with Crippen LogP contribution in [0.4, 0.5) is 0 Å². The summed E-state index contributed by atoms with van der Waals surface area (Å²) in [5, 5.41) is 0. The summed E-state index contributed by atoms with van der Waals surface area (Å²) in [6.07, 6.45) is 5.63. The smallest absolute Gasteiger partial charge is 0.0181 e. The molecule has 0 amide bonds. The van der Waals surface area contributed by atoms with Crippen molar-refractivity contribution < 1.29 is 0 Å². The van der Waals surface area contributed by atoms with Crippen molar-refractivity contribution in [2.24, 2.45) is 17.4 Å². The molecule has 3 atom stereocenters. The van der Waals surface area contributed by atoms with Gasteiger partial charge >= 0.3 is 0 Å². The van der Waals surface area contributed by atoms with Crippen molar-refractivity contribution >= 4 is 0 Å². The largest absolute Gasteiger partial charge is 0.328 e. The summed E-state index contributed by atoms with van der Waals surface area (Å²) in [6, 6.07) is 0.401. The molecular formula is C10H22N2. The Morgan fingerprint density at radius 1 is 1.42 bits per heavy atom. The average molecular weight is 170 g/mol. The van der Waals surface area contributed by atoms with Crippen molar-refractivity contribution in [2.75, 3.05) is 0 Å². The molecular weight excluding hydrogens is 148 g/mol. The van der Waals surface area contributed by atoms with Crippen molar-refractivity contribution in [3.05, 3.63) is 0 Å². The van der Waals surface area contributed by atoms with Gasteiger partial charge in [-0.15, -0.1) is 0 Å². The van der Waals surface area contributed by atoms with Gasteiger partial charge in [-0.05, 0) is 31.6 Å². The first-order valence-electron chi connectivity index (χ1n) is 5.16. The molecule has 1 saturated carbocycles. The van der Waals surface area contributed by atoms with Crippen LogP contribution in [0.5, 0.6) is 0 Å². The van der Waals surface area contributed by atoms with Crippen molar-refractivity contribution in [1.82, 2.24) is 0 Å². The summed E-state index contributed by atoms with van der Waals surface area (Å²) in [5.74, 6) is 0.645. The van der Waals surface area contributed by atoms with Gasteiger partial charge in [-0.25, -0.2) is 0 Å². The first-order chi connectivity index (χ1) is 5.62. The summed E-state index contributed by atoms with van der Waals surface area (Å²) >= 11 is 0. The molecule has 2 heteroatoms. The van der Waals surface area contributed by atoms with Crippen molar-refractivity contribution in [3.63, 3.8) is 0 Å². The zero-order valence-corrected chi connectivity index (χ0v) is 8.34. The Bertz CT molecular complexity index is 147. The normalized spacial score (nSPS) is 43.0. The first-order valence-corrected chi connectivity index (χ1v) is 5.16. The zero-order chi connectivity index (χ0) is 9.19. The monoisotopic (exact) mass is 170 g/mol. The lowest BCUT2D eigenvalue weighted by atomic mass is 9.69. The van der Waals surface area contributed by atoms with Gasteiger partial charge in [-0.1, -0.05) is 20.3 Å². The second-order valence-electron chi connectivity index (χ2n) is 4.23. The van der Waals surface area contributed by atoms with Crippen LogP contribution in [0, 0.1) is 5.92 Å². The van der Waals surface area contributed by atoms with Gasteiger partial charge in [-0.3, -0.25) is 0 Å². The van der Waals surface area contributed by atoms with E-state index in [1.807, 2.05) is 0 Å². The predicted octanol–water partition coefficient (Wildman–Crippen LogP) is 1.63. The second-order valence-corrected chi connectivity index (χ2v) is 4.23. The van der Waals surface area contributed by atoms with E-state index in [0.29, 0.717) is 12.0 Å². The summed E-state index contributed by atoms with van der Waals surface area (Å²) < 4.78 is 0. The van der Waals surface area contributed by atoms with Crippen LogP contribution >= 0.6 is 0 Å². The van der Waals surface area contributed by atoms with Gasteiger partial charge < -0.3 is 11.5 Å². The lowest BCUT2D eigenvalue weighted by Crippen LogP contribution is -2.52. The number of hydrogen-bond acceptors (Lipinski definition) is 2. The quantitative estimate of drug-likeness (QED) is 0.662. The molecule has 0 aromatic carbocycles. The molecule has 72 valence electrons. The minimum atomic E-state index is 0.0879. The number of nitrogens with two attached hydrogens (primary N) is 2. The SMILES string of the molecule is CCC1CC(N)CCC1(N)CC. The fraction of sp³-hybridized carbons (Fsp3) is 1.00. The van der Waals surface area contributed by atoms with Gasteiger partial charge in [0.15, 0.2) is 0 Å². The third-order valence-electron chi connectivity index (χ3n) is 3.53. The Kier molecular flexibility index (Phi) is 3.13. The molecule has 0 radical (unpaired) electrons. The van der Waals surface area contributed by atoms with Crippen LogP contribution in [-0.2, 0) is 0 Å². The summed E-state index contributed by atoms with van der Waals surface area (Å²) in [5.41, 5.74) is 12.3. The Labute approximate surface area is 75.7 Å². The summed E-state index contributed by atoms with van der Waals surface area (Å²) in [6.45, 7) is 4.42. The highest BCUT2D eigenvalue weighted by molar-refractivity contribution is 4.95. The molecule has 0 saturated heterocycles. The van der Waals surface area contributed by atoms with Gasteiger partial charge in [0.05, 0.1) is 0 Å². The minimum Gasteiger partial charge on any atom is -0.328 e. The molecule has 0 bridgehead atoms. The molecule has 0 aromatic rings.